The second-order valence-electron chi connectivity index (χ2n) is 4.59. The van der Waals surface area contributed by atoms with Crippen LogP contribution in [0.5, 0.6) is 0 Å². The molecule has 2 heterocycles. The molecule has 0 aromatic carbocycles. The Kier molecular flexibility index (Phi) is 3.87. The van der Waals surface area contributed by atoms with Crippen LogP contribution < -0.4 is 5.73 Å². The smallest absolute Gasteiger partial charge is 0.243 e. The Labute approximate surface area is 108 Å². The summed E-state index contributed by atoms with van der Waals surface area (Å²) in [6.45, 7) is 2.63. The van der Waals surface area contributed by atoms with Crippen LogP contribution in [0.4, 0.5) is 5.82 Å². The van der Waals surface area contributed by atoms with Crippen LogP contribution in [0.1, 0.15) is 32.6 Å². The van der Waals surface area contributed by atoms with Gasteiger partial charge < -0.3 is 5.73 Å². The number of nitrogen functional groups attached to an aromatic ring is 1. The zero-order chi connectivity index (χ0) is 13.2. The molecular formula is C12H19N3O2S. The summed E-state index contributed by atoms with van der Waals surface area (Å²) in [7, 11) is -3.43. The molecule has 1 saturated heterocycles. The molecule has 0 bridgehead atoms. The largest absolute Gasteiger partial charge is 0.384 e. The number of pyridine rings is 1. The molecule has 1 atom stereocenters. The Bertz CT molecular complexity index is 516. The van der Waals surface area contributed by atoms with E-state index in [0.29, 0.717) is 6.54 Å². The summed E-state index contributed by atoms with van der Waals surface area (Å²) in [6.07, 6.45) is 5.25. The van der Waals surface area contributed by atoms with Crippen molar-refractivity contribution in [3.63, 3.8) is 0 Å². The van der Waals surface area contributed by atoms with Gasteiger partial charge >= 0.3 is 0 Å². The number of sulfonamides is 1. The fourth-order valence-electron chi connectivity index (χ4n) is 2.42. The standard InChI is InChI=1S/C12H19N3O2S/c1-2-10-5-3-4-8-15(10)18(16,17)11-6-7-14-12(13)9-11/h6-7,9-10H,2-5,8H2,1H3,(H2,13,14). The maximum atomic E-state index is 12.6. The summed E-state index contributed by atoms with van der Waals surface area (Å²) in [4.78, 5) is 4.08. The monoisotopic (exact) mass is 269 g/mol. The van der Waals surface area contributed by atoms with Gasteiger partial charge in [0, 0.05) is 24.8 Å². The number of rotatable bonds is 3. The molecule has 100 valence electrons. The van der Waals surface area contributed by atoms with Crippen molar-refractivity contribution in [1.82, 2.24) is 9.29 Å². The van der Waals surface area contributed by atoms with E-state index < -0.39 is 10.0 Å². The zero-order valence-corrected chi connectivity index (χ0v) is 11.4. The lowest BCUT2D eigenvalue weighted by atomic mass is 10.0. The lowest BCUT2D eigenvalue weighted by molar-refractivity contribution is 0.246. The van der Waals surface area contributed by atoms with E-state index in [1.165, 1.54) is 18.3 Å². The summed E-state index contributed by atoms with van der Waals surface area (Å²) in [6, 6.07) is 3.04. The van der Waals surface area contributed by atoms with Crippen LogP contribution >= 0.6 is 0 Å². The zero-order valence-electron chi connectivity index (χ0n) is 10.5. The van der Waals surface area contributed by atoms with Crippen molar-refractivity contribution in [2.24, 2.45) is 0 Å². The molecule has 1 unspecified atom stereocenters. The topological polar surface area (TPSA) is 76.3 Å². The van der Waals surface area contributed by atoms with Gasteiger partial charge in [-0.05, 0) is 25.3 Å². The van der Waals surface area contributed by atoms with E-state index in [2.05, 4.69) is 4.98 Å². The van der Waals surface area contributed by atoms with Crippen molar-refractivity contribution in [2.45, 2.75) is 43.5 Å². The van der Waals surface area contributed by atoms with Gasteiger partial charge in [-0.1, -0.05) is 13.3 Å². The van der Waals surface area contributed by atoms with Crippen molar-refractivity contribution in [3.05, 3.63) is 18.3 Å². The molecule has 2 N–H and O–H groups in total. The third-order valence-electron chi connectivity index (χ3n) is 3.40. The second kappa shape index (κ2) is 5.24. The van der Waals surface area contributed by atoms with Crippen molar-refractivity contribution in [2.75, 3.05) is 12.3 Å². The number of nitrogens with zero attached hydrogens (tertiary/aromatic N) is 2. The second-order valence-corrected chi connectivity index (χ2v) is 6.48. The van der Waals surface area contributed by atoms with Crippen LogP contribution in [-0.2, 0) is 10.0 Å². The first-order valence-electron chi connectivity index (χ1n) is 6.29. The molecule has 0 amide bonds. The average Bonchev–Trinajstić information content (AvgIpc) is 2.38. The average molecular weight is 269 g/mol. The lowest BCUT2D eigenvalue weighted by Gasteiger charge is -2.34. The van der Waals surface area contributed by atoms with Crippen LogP contribution in [0.2, 0.25) is 0 Å². The minimum Gasteiger partial charge on any atom is -0.384 e. The quantitative estimate of drug-likeness (QED) is 0.904. The highest BCUT2D eigenvalue weighted by Crippen LogP contribution is 2.27. The molecule has 0 radical (unpaired) electrons. The molecule has 1 aromatic rings. The van der Waals surface area contributed by atoms with Gasteiger partial charge in [0.1, 0.15) is 5.82 Å². The Hall–Kier alpha value is -1.14. The SMILES string of the molecule is CCC1CCCCN1S(=O)(=O)c1ccnc(N)c1. The van der Waals surface area contributed by atoms with Crippen LogP contribution in [0, 0.1) is 0 Å². The third-order valence-corrected chi connectivity index (χ3v) is 5.35. The fraction of sp³-hybridized carbons (Fsp3) is 0.583. The first kappa shape index (κ1) is 13.3. The van der Waals surface area contributed by atoms with Crippen molar-refractivity contribution >= 4 is 15.8 Å². The number of aromatic nitrogens is 1. The molecule has 18 heavy (non-hydrogen) atoms. The van der Waals surface area contributed by atoms with Crippen molar-refractivity contribution < 1.29 is 8.42 Å². The Balaban J connectivity index is 2.35. The molecule has 1 fully saturated rings. The molecule has 2 rings (SSSR count). The van der Waals surface area contributed by atoms with E-state index in [1.54, 1.807) is 4.31 Å². The van der Waals surface area contributed by atoms with Gasteiger partial charge in [0.2, 0.25) is 10.0 Å². The highest BCUT2D eigenvalue weighted by atomic mass is 32.2. The summed E-state index contributed by atoms with van der Waals surface area (Å²) in [5.41, 5.74) is 5.56. The molecule has 1 aromatic heterocycles. The molecule has 0 aliphatic carbocycles. The van der Waals surface area contributed by atoms with E-state index in [9.17, 15) is 8.42 Å². The predicted octanol–water partition coefficient (Wildman–Crippen LogP) is 1.62. The minimum atomic E-state index is -3.43. The molecule has 1 aliphatic rings. The molecule has 6 heteroatoms. The van der Waals surface area contributed by atoms with Crippen molar-refractivity contribution in [1.29, 1.82) is 0 Å². The number of anilines is 1. The lowest BCUT2D eigenvalue weighted by Crippen LogP contribution is -2.43. The van der Waals surface area contributed by atoms with Gasteiger partial charge in [-0.15, -0.1) is 0 Å². The van der Waals surface area contributed by atoms with Crippen molar-refractivity contribution in [3.8, 4) is 0 Å². The molecule has 1 aliphatic heterocycles. The number of nitrogens with two attached hydrogens (primary N) is 1. The van der Waals surface area contributed by atoms with Gasteiger partial charge in [-0.3, -0.25) is 0 Å². The highest BCUT2D eigenvalue weighted by Gasteiger charge is 2.32. The number of piperidine rings is 1. The maximum absolute atomic E-state index is 12.6. The maximum Gasteiger partial charge on any atom is 0.243 e. The van der Waals surface area contributed by atoms with Gasteiger partial charge in [0.05, 0.1) is 4.90 Å². The first-order chi connectivity index (χ1) is 8.55. The van der Waals surface area contributed by atoms with E-state index in [0.717, 1.165) is 25.7 Å². The predicted molar refractivity (Wildman–Crippen MR) is 70.5 cm³/mol. The van der Waals surface area contributed by atoms with Crippen LogP contribution in [0.3, 0.4) is 0 Å². The first-order valence-corrected chi connectivity index (χ1v) is 7.73. The van der Waals surface area contributed by atoms with E-state index in [4.69, 9.17) is 5.73 Å². The summed E-state index contributed by atoms with van der Waals surface area (Å²) >= 11 is 0. The van der Waals surface area contributed by atoms with Gasteiger partial charge in [-0.25, -0.2) is 13.4 Å². The summed E-state index contributed by atoms with van der Waals surface area (Å²) in [5.74, 6) is 0.237. The molecule has 0 spiro atoms. The van der Waals surface area contributed by atoms with Gasteiger partial charge in [-0.2, -0.15) is 4.31 Å². The molecular weight excluding hydrogens is 250 g/mol. The van der Waals surface area contributed by atoms with Crippen LogP contribution in [0.15, 0.2) is 23.2 Å². The van der Waals surface area contributed by atoms with E-state index in [-0.39, 0.29) is 16.8 Å². The van der Waals surface area contributed by atoms with Crippen LogP contribution in [0.25, 0.3) is 0 Å². The highest BCUT2D eigenvalue weighted by molar-refractivity contribution is 7.89. The minimum absolute atomic E-state index is 0.109. The molecule has 5 nitrogen and oxygen atoms in total. The van der Waals surface area contributed by atoms with Gasteiger partial charge in [0.15, 0.2) is 0 Å². The fourth-order valence-corrected chi connectivity index (χ4v) is 4.21. The summed E-state index contributed by atoms with van der Waals surface area (Å²) < 4.78 is 26.7. The Morgan fingerprint density at radius 1 is 1.50 bits per heavy atom. The van der Waals surface area contributed by atoms with E-state index >= 15 is 0 Å². The number of hydrogen-bond donors (Lipinski definition) is 1. The third kappa shape index (κ3) is 2.49. The van der Waals surface area contributed by atoms with Crippen LogP contribution in [-0.4, -0.2) is 30.3 Å². The number of hydrogen-bond acceptors (Lipinski definition) is 4. The summed E-state index contributed by atoms with van der Waals surface area (Å²) in [5, 5.41) is 0. The Morgan fingerprint density at radius 3 is 2.94 bits per heavy atom. The van der Waals surface area contributed by atoms with Gasteiger partial charge in [0.25, 0.3) is 0 Å². The Morgan fingerprint density at radius 2 is 2.28 bits per heavy atom. The van der Waals surface area contributed by atoms with E-state index in [1.807, 2.05) is 6.92 Å². The normalized spacial score (nSPS) is 21.9. The molecule has 0 saturated carbocycles.